The summed E-state index contributed by atoms with van der Waals surface area (Å²) in [4.78, 5) is 14.7. The van der Waals surface area contributed by atoms with Crippen molar-refractivity contribution in [1.29, 1.82) is 0 Å². The molecule has 0 spiro atoms. The van der Waals surface area contributed by atoms with E-state index in [0.29, 0.717) is 11.3 Å². The van der Waals surface area contributed by atoms with Crippen molar-refractivity contribution < 1.29 is 9.53 Å². The number of para-hydroxylation sites is 1. The first-order valence-electron chi connectivity index (χ1n) is 7.37. The number of methoxy groups -OCH3 is 1. The molecule has 0 aliphatic carbocycles. The lowest BCUT2D eigenvalue weighted by molar-refractivity contribution is 0.0736. The molecule has 1 amide bonds. The highest BCUT2D eigenvalue weighted by Gasteiger charge is 2.24. The standard InChI is InChI=1S/C16H20N4O2/c1-19-11-13(16(21)20-9-7-17-8-10-20)15(18-19)12-5-3-4-6-14(12)22-2/h3-6,11,17H,7-10H2,1-2H3. The van der Waals surface area contributed by atoms with Crippen LogP contribution in [0.25, 0.3) is 11.3 Å². The molecule has 2 heterocycles. The van der Waals surface area contributed by atoms with Gasteiger partial charge in [0.1, 0.15) is 11.4 Å². The molecule has 3 rings (SSSR count). The molecule has 0 saturated carbocycles. The monoisotopic (exact) mass is 300 g/mol. The van der Waals surface area contributed by atoms with E-state index in [1.807, 2.05) is 36.2 Å². The average molecular weight is 300 g/mol. The molecule has 1 saturated heterocycles. The molecule has 1 aromatic carbocycles. The van der Waals surface area contributed by atoms with Crippen LogP contribution in [0.2, 0.25) is 0 Å². The van der Waals surface area contributed by atoms with E-state index >= 15 is 0 Å². The summed E-state index contributed by atoms with van der Waals surface area (Å²) in [6.07, 6.45) is 1.78. The number of benzene rings is 1. The smallest absolute Gasteiger partial charge is 0.257 e. The SMILES string of the molecule is COc1ccccc1-c1nn(C)cc1C(=O)N1CCNCC1. The third kappa shape index (κ3) is 2.69. The van der Waals surface area contributed by atoms with Crippen molar-refractivity contribution >= 4 is 5.91 Å². The van der Waals surface area contributed by atoms with Crippen molar-refractivity contribution in [3.8, 4) is 17.0 Å². The molecule has 0 atom stereocenters. The van der Waals surface area contributed by atoms with Crippen molar-refractivity contribution in [3.05, 3.63) is 36.0 Å². The Morgan fingerprint density at radius 3 is 2.73 bits per heavy atom. The molecule has 116 valence electrons. The fourth-order valence-electron chi connectivity index (χ4n) is 2.72. The maximum absolute atomic E-state index is 12.8. The molecular formula is C16H20N4O2. The van der Waals surface area contributed by atoms with Crippen LogP contribution in [0.1, 0.15) is 10.4 Å². The minimum absolute atomic E-state index is 0.0236. The summed E-state index contributed by atoms with van der Waals surface area (Å²) in [5, 5.41) is 7.74. The van der Waals surface area contributed by atoms with Crippen LogP contribution in [0, 0.1) is 0 Å². The average Bonchev–Trinajstić information content (AvgIpc) is 2.96. The van der Waals surface area contributed by atoms with Crippen LogP contribution in [-0.4, -0.2) is 53.9 Å². The second-order valence-corrected chi connectivity index (χ2v) is 5.31. The largest absolute Gasteiger partial charge is 0.496 e. The Labute approximate surface area is 129 Å². The first kappa shape index (κ1) is 14.6. The van der Waals surface area contributed by atoms with Gasteiger partial charge in [-0.3, -0.25) is 9.48 Å². The van der Waals surface area contributed by atoms with Crippen molar-refractivity contribution in [3.63, 3.8) is 0 Å². The van der Waals surface area contributed by atoms with Crippen LogP contribution in [0.3, 0.4) is 0 Å². The Balaban J connectivity index is 2.01. The van der Waals surface area contributed by atoms with Crippen LogP contribution in [0.4, 0.5) is 0 Å². The molecule has 1 N–H and O–H groups in total. The summed E-state index contributed by atoms with van der Waals surface area (Å²) in [5.74, 6) is 0.742. The summed E-state index contributed by atoms with van der Waals surface area (Å²) in [6, 6.07) is 7.63. The Hall–Kier alpha value is -2.34. The summed E-state index contributed by atoms with van der Waals surface area (Å²) in [7, 11) is 3.45. The number of nitrogens with zero attached hydrogens (tertiary/aromatic N) is 3. The first-order chi connectivity index (χ1) is 10.7. The lowest BCUT2D eigenvalue weighted by Crippen LogP contribution is -2.46. The number of hydrogen-bond acceptors (Lipinski definition) is 4. The maximum Gasteiger partial charge on any atom is 0.257 e. The van der Waals surface area contributed by atoms with E-state index in [-0.39, 0.29) is 5.91 Å². The lowest BCUT2D eigenvalue weighted by Gasteiger charge is -2.27. The summed E-state index contributed by atoms with van der Waals surface area (Å²) in [5.41, 5.74) is 2.13. The number of carbonyl (C=O) groups is 1. The zero-order valence-electron chi connectivity index (χ0n) is 12.9. The van der Waals surface area contributed by atoms with Gasteiger partial charge in [0.25, 0.3) is 5.91 Å². The van der Waals surface area contributed by atoms with Gasteiger partial charge in [-0.2, -0.15) is 5.10 Å². The van der Waals surface area contributed by atoms with Crippen LogP contribution in [-0.2, 0) is 7.05 Å². The van der Waals surface area contributed by atoms with E-state index in [2.05, 4.69) is 10.4 Å². The predicted molar refractivity (Wildman–Crippen MR) is 84.0 cm³/mol. The molecule has 6 heteroatoms. The second kappa shape index (κ2) is 6.19. The minimum Gasteiger partial charge on any atom is -0.496 e. The molecular weight excluding hydrogens is 280 g/mol. The topological polar surface area (TPSA) is 59.4 Å². The molecule has 0 radical (unpaired) electrons. The number of amides is 1. The molecule has 1 aromatic heterocycles. The number of aryl methyl sites for hydroxylation is 1. The number of piperazine rings is 1. The maximum atomic E-state index is 12.8. The number of ether oxygens (including phenoxy) is 1. The van der Waals surface area contributed by atoms with E-state index in [1.165, 1.54) is 0 Å². The normalized spacial score (nSPS) is 14.9. The minimum atomic E-state index is 0.0236. The van der Waals surface area contributed by atoms with Gasteiger partial charge in [0.2, 0.25) is 0 Å². The number of aromatic nitrogens is 2. The molecule has 6 nitrogen and oxygen atoms in total. The third-order valence-electron chi connectivity index (χ3n) is 3.83. The van der Waals surface area contributed by atoms with Crippen LogP contribution in [0.5, 0.6) is 5.75 Å². The zero-order chi connectivity index (χ0) is 15.5. The summed E-state index contributed by atoms with van der Waals surface area (Å²) >= 11 is 0. The molecule has 1 aliphatic heterocycles. The Morgan fingerprint density at radius 2 is 2.00 bits per heavy atom. The Kier molecular flexibility index (Phi) is 4.11. The molecule has 1 aliphatic rings. The van der Waals surface area contributed by atoms with Crippen molar-refractivity contribution in [1.82, 2.24) is 20.0 Å². The lowest BCUT2D eigenvalue weighted by atomic mass is 10.1. The highest BCUT2D eigenvalue weighted by Crippen LogP contribution is 2.31. The number of rotatable bonds is 3. The summed E-state index contributed by atoms with van der Waals surface area (Å²) in [6.45, 7) is 3.10. The van der Waals surface area contributed by atoms with Crippen LogP contribution >= 0.6 is 0 Å². The summed E-state index contributed by atoms with van der Waals surface area (Å²) < 4.78 is 7.08. The fourth-order valence-corrected chi connectivity index (χ4v) is 2.72. The van der Waals surface area contributed by atoms with Gasteiger partial charge < -0.3 is 15.0 Å². The van der Waals surface area contributed by atoms with E-state index in [0.717, 1.165) is 37.5 Å². The predicted octanol–water partition coefficient (Wildman–Crippen LogP) is 1.14. The number of nitrogens with one attached hydrogen (secondary N) is 1. The van der Waals surface area contributed by atoms with Crippen molar-refractivity contribution in [2.75, 3.05) is 33.3 Å². The molecule has 1 fully saturated rings. The molecule has 2 aromatic rings. The van der Waals surface area contributed by atoms with Gasteiger partial charge in [-0.1, -0.05) is 12.1 Å². The highest BCUT2D eigenvalue weighted by molar-refractivity contribution is 6.00. The Bertz CT molecular complexity index is 675. The van der Waals surface area contributed by atoms with Gasteiger partial charge in [0.15, 0.2) is 0 Å². The first-order valence-corrected chi connectivity index (χ1v) is 7.37. The van der Waals surface area contributed by atoms with E-state index in [1.54, 1.807) is 18.0 Å². The molecule has 0 bridgehead atoms. The quantitative estimate of drug-likeness (QED) is 0.923. The van der Waals surface area contributed by atoms with Gasteiger partial charge in [-0.25, -0.2) is 0 Å². The highest BCUT2D eigenvalue weighted by atomic mass is 16.5. The van der Waals surface area contributed by atoms with E-state index < -0.39 is 0 Å². The van der Waals surface area contributed by atoms with Crippen LogP contribution in [0.15, 0.2) is 30.5 Å². The van der Waals surface area contributed by atoms with E-state index in [9.17, 15) is 4.79 Å². The van der Waals surface area contributed by atoms with Crippen molar-refractivity contribution in [2.24, 2.45) is 7.05 Å². The Morgan fingerprint density at radius 1 is 1.27 bits per heavy atom. The van der Waals surface area contributed by atoms with Gasteiger partial charge in [0.05, 0.1) is 12.7 Å². The van der Waals surface area contributed by atoms with Crippen molar-refractivity contribution in [2.45, 2.75) is 0 Å². The van der Waals surface area contributed by atoms with Gasteiger partial charge in [-0.15, -0.1) is 0 Å². The van der Waals surface area contributed by atoms with Gasteiger partial charge in [0, 0.05) is 45.0 Å². The van der Waals surface area contributed by atoms with Gasteiger partial charge in [-0.05, 0) is 12.1 Å². The molecule has 0 unspecified atom stereocenters. The second-order valence-electron chi connectivity index (χ2n) is 5.31. The third-order valence-corrected chi connectivity index (χ3v) is 3.83. The molecule has 22 heavy (non-hydrogen) atoms. The van der Waals surface area contributed by atoms with Gasteiger partial charge >= 0.3 is 0 Å². The van der Waals surface area contributed by atoms with E-state index in [4.69, 9.17) is 4.74 Å². The zero-order valence-corrected chi connectivity index (χ0v) is 12.9. The van der Waals surface area contributed by atoms with Crippen LogP contribution < -0.4 is 10.1 Å². The number of carbonyl (C=O) groups excluding carboxylic acids is 1. The number of hydrogen-bond donors (Lipinski definition) is 1. The fraction of sp³-hybridized carbons (Fsp3) is 0.375.